The Morgan fingerprint density at radius 3 is 1.96 bits per heavy atom. The number of aliphatic hydroxyl groups is 1. The molecular weight excluding hydrogens is 344 g/mol. The highest BCUT2D eigenvalue weighted by atomic mass is 16.5. The molecule has 0 aromatic carbocycles. The summed E-state index contributed by atoms with van der Waals surface area (Å²) in [5, 5.41) is 11.1. The molecule has 2 nitrogen and oxygen atoms in total. The van der Waals surface area contributed by atoms with Crippen molar-refractivity contribution in [1.29, 1.82) is 0 Å². The molecule has 2 aliphatic carbocycles. The molecule has 4 atom stereocenters. The van der Waals surface area contributed by atoms with Crippen LogP contribution < -0.4 is 0 Å². The van der Waals surface area contributed by atoms with Crippen LogP contribution in [0.3, 0.4) is 0 Å². The molecule has 0 aromatic heterocycles. The van der Waals surface area contributed by atoms with Crippen molar-refractivity contribution in [2.45, 2.75) is 112 Å². The molecule has 2 rings (SSSR count). The largest absolute Gasteiger partial charge is 0.388 e. The van der Waals surface area contributed by atoms with Crippen LogP contribution in [0.1, 0.15) is 99.8 Å². The molecule has 1 N–H and O–H groups in total. The number of hydrogen-bond acceptors (Lipinski definition) is 2. The summed E-state index contributed by atoms with van der Waals surface area (Å²) in [6.07, 6.45) is 12.0. The van der Waals surface area contributed by atoms with Gasteiger partial charge in [-0.05, 0) is 98.4 Å². The van der Waals surface area contributed by atoms with Gasteiger partial charge in [-0.3, -0.25) is 0 Å². The molecule has 0 amide bonds. The molecule has 2 aliphatic rings. The lowest BCUT2D eigenvalue weighted by Crippen LogP contribution is -2.36. The summed E-state index contributed by atoms with van der Waals surface area (Å²) in [4.78, 5) is 0. The highest BCUT2D eigenvalue weighted by Gasteiger charge is 2.38. The standard InChI is InChI=1S/C26H48O2/c1-18(28-8)19-9-13-21(14-10-19)24(27)22-15-11-20(12-16-22)23(26(5,6)7)17-25(2,3)4/h13,18-20,22-24,27H,9-12,14-17H2,1-8H3. The molecule has 164 valence electrons. The summed E-state index contributed by atoms with van der Waals surface area (Å²) < 4.78 is 5.51. The summed E-state index contributed by atoms with van der Waals surface area (Å²) in [6, 6.07) is 0. The van der Waals surface area contributed by atoms with Crippen LogP contribution in [0.25, 0.3) is 0 Å². The highest BCUT2D eigenvalue weighted by molar-refractivity contribution is 5.14. The van der Waals surface area contributed by atoms with E-state index in [2.05, 4.69) is 54.5 Å². The maximum absolute atomic E-state index is 11.1. The van der Waals surface area contributed by atoms with E-state index < -0.39 is 0 Å². The molecule has 4 unspecified atom stereocenters. The third kappa shape index (κ3) is 6.59. The van der Waals surface area contributed by atoms with Crippen LogP contribution in [0, 0.1) is 34.5 Å². The third-order valence-electron chi connectivity index (χ3n) is 7.68. The van der Waals surface area contributed by atoms with Gasteiger partial charge in [-0.1, -0.05) is 47.6 Å². The monoisotopic (exact) mass is 392 g/mol. The van der Waals surface area contributed by atoms with Gasteiger partial charge >= 0.3 is 0 Å². The number of methoxy groups -OCH3 is 1. The molecule has 0 bridgehead atoms. The second-order valence-electron chi connectivity index (χ2n) is 12.1. The first-order valence-corrected chi connectivity index (χ1v) is 11.8. The molecule has 2 heteroatoms. The SMILES string of the molecule is COC(C)C1CC=C(C(O)C2CCC(C(CC(C)(C)C)C(C)(C)C)CC2)CC1. The quantitative estimate of drug-likeness (QED) is 0.492. The highest BCUT2D eigenvalue weighted by Crippen LogP contribution is 2.47. The van der Waals surface area contributed by atoms with Gasteiger partial charge in [0.2, 0.25) is 0 Å². The molecule has 0 aromatic rings. The Balaban J connectivity index is 1.93. The van der Waals surface area contributed by atoms with Crippen LogP contribution in [-0.2, 0) is 4.74 Å². The van der Waals surface area contributed by atoms with E-state index >= 15 is 0 Å². The minimum atomic E-state index is -0.213. The van der Waals surface area contributed by atoms with Gasteiger partial charge in [-0.2, -0.15) is 0 Å². The first kappa shape index (κ1) is 23.9. The maximum Gasteiger partial charge on any atom is 0.0778 e. The Labute approximate surface area is 175 Å². The van der Waals surface area contributed by atoms with Gasteiger partial charge in [0.05, 0.1) is 12.2 Å². The van der Waals surface area contributed by atoms with E-state index in [-0.39, 0.29) is 6.10 Å². The lowest BCUT2D eigenvalue weighted by atomic mass is 9.61. The van der Waals surface area contributed by atoms with Crippen LogP contribution in [0.2, 0.25) is 0 Å². The van der Waals surface area contributed by atoms with Gasteiger partial charge in [0, 0.05) is 7.11 Å². The maximum atomic E-state index is 11.1. The number of hydrogen-bond donors (Lipinski definition) is 1. The Kier molecular flexibility index (Phi) is 8.25. The minimum absolute atomic E-state index is 0.213. The van der Waals surface area contributed by atoms with Crippen molar-refractivity contribution in [3.8, 4) is 0 Å². The lowest BCUT2D eigenvalue weighted by Gasteiger charge is -2.44. The van der Waals surface area contributed by atoms with Crippen LogP contribution in [0.15, 0.2) is 11.6 Å². The molecular formula is C26H48O2. The van der Waals surface area contributed by atoms with Crippen molar-refractivity contribution in [3.63, 3.8) is 0 Å². The molecule has 0 radical (unpaired) electrons. The van der Waals surface area contributed by atoms with E-state index in [0.717, 1.165) is 31.1 Å². The Morgan fingerprint density at radius 2 is 1.54 bits per heavy atom. The van der Waals surface area contributed by atoms with Crippen molar-refractivity contribution in [3.05, 3.63) is 11.6 Å². The van der Waals surface area contributed by atoms with Crippen molar-refractivity contribution in [2.24, 2.45) is 34.5 Å². The molecule has 1 saturated carbocycles. The third-order valence-corrected chi connectivity index (χ3v) is 7.68. The first-order chi connectivity index (χ1) is 12.9. The molecule has 0 spiro atoms. The first-order valence-electron chi connectivity index (χ1n) is 11.8. The fourth-order valence-electron chi connectivity index (χ4n) is 5.77. The number of allylic oxidation sites excluding steroid dienone is 1. The van der Waals surface area contributed by atoms with E-state index in [4.69, 9.17) is 4.74 Å². The minimum Gasteiger partial charge on any atom is -0.388 e. The summed E-state index contributed by atoms with van der Waals surface area (Å²) in [5.41, 5.74) is 2.06. The summed E-state index contributed by atoms with van der Waals surface area (Å²) in [5.74, 6) is 2.67. The zero-order valence-corrected chi connectivity index (χ0v) is 20.1. The predicted molar refractivity (Wildman–Crippen MR) is 120 cm³/mol. The number of rotatable bonds is 6. The van der Waals surface area contributed by atoms with Gasteiger partial charge in [0.15, 0.2) is 0 Å². The summed E-state index contributed by atoms with van der Waals surface area (Å²) in [7, 11) is 1.81. The van der Waals surface area contributed by atoms with Crippen molar-refractivity contribution in [1.82, 2.24) is 0 Å². The van der Waals surface area contributed by atoms with Gasteiger partial charge in [-0.25, -0.2) is 0 Å². The van der Waals surface area contributed by atoms with Crippen molar-refractivity contribution < 1.29 is 9.84 Å². The zero-order valence-electron chi connectivity index (χ0n) is 20.1. The fraction of sp³-hybridized carbons (Fsp3) is 0.923. The average Bonchev–Trinajstić information content (AvgIpc) is 2.63. The van der Waals surface area contributed by atoms with Crippen LogP contribution in [0.5, 0.6) is 0 Å². The Bertz CT molecular complexity index is 500. The predicted octanol–water partition coefficient (Wildman–Crippen LogP) is 7.01. The Hall–Kier alpha value is -0.340. The summed E-state index contributed by atoms with van der Waals surface area (Å²) >= 11 is 0. The normalized spacial score (nSPS) is 30.5. The zero-order chi connectivity index (χ0) is 21.1. The van der Waals surface area contributed by atoms with E-state index in [9.17, 15) is 5.11 Å². The van der Waals surface area contributed by atoms with Crippen LogP contribution in [-0.4, -0.2) is 24.4 Å². The van der Waals surface area contributed by atoms with E-state index in [1.165, 1.54) is 37.7 Å². The number of aliphatic hydroxyl groups excluding tert-OH is 1. The smallest absolute Gasteiger partial charge is 0.0778 e. The van der Waals surface area contributed by atoms with Gasteiger partial charge < -0.3 is 9.84 Å². The molecule has 0 heterocycles. The fourth-order valence-corrected chi connectivity index (χ4v) is 5.77. The van der Waals surface area contributed by atoms with Gasteiger partial charge in [-0.15, -0.1) is 0 Å². The van der Waals surface area contributed by atoms with Gasteiger partial charge in [0.25, 0.3) is 0 Å². The van der Waals surface area contributed by atoms with E-state index in [1.807, 2.05) is 7.11 Å². The summed E-state index contributed by atoms with van der Waals surface area (Å²) in [6.45, 7) is 16.6. The number of ether oxygens (including phenoxy) is 1. The van der Waals surface area contributed by atoms with Crippen LogP contribution >= 0.6 is 0 Å². The Morgan fingerprint density at radius 1 is 0.964 bits per heavy atom. The average molecular weight is 393 g/mol. The lowest BCUT2D eigenvalue weighted by molar-refractivity contribution is 0.0381. The van der Waals surface area contributed by atoms with Crippen LogP contribution in [0.4, 0.5) is 0 Å². The molecule has 0 saturated heterocycles. The topological polar surface area (TPSA) is 29.5 Å². The van der Waals surface area contributed by atoms with E-state index in [1.54, 1.807) is 0 Å². The molecule has 1 fully saturated rings. The van der Waals surface area contributed by atoms with Crippen molar-refractivity contribution >= 4 is 0 Å². The van der Waals surface area contributed by atoms with E-state index in [0.29, 0.717) is 28.8 Å². The second-order valence-corrected chi connectivity index (χ2v) is 12.1. The van der Waals surface area contributed by atoms with Gasteiger partial charge in [0.1, 0.15) is 0 Å². The molecule has 28 heavy (non-hydrogen) atoms. The molecule has 0 aliphatic heterocycles. The second kappa shape index (κ2) is 9.65. The van der Waals surface area contributed by atoms with Crippen molar-refractivity contribution in [2.75, 3.05) is 7.11 Å².